The smallest absolute Gasteiger partial charge is 0.290 e. The number of hydrogen-bond donors (Lipinski definition) is 0. The minimum atomic E-state index is -0.984. The number of carbonyl (C=O) groups is 2. The molecule has 154 valence electrons. The molecule has 0 saturated heterocycles. The molecule has 2 aliphatic heterocycles. The molecular weight excluding hydrogens is 381 g/mol. The molecule has 2 aromatic rings. The van der Waals surface area contributed by atoms with Crippen molar-refractivity contribution in [1.29, 1.82) is 0 Å². The first kappa shape index (κ1) is 19.0. The number of ketones is 1. The van der Waals surface area contributed by atoms with E-state index in [1.54, 1.807) is 4.90 Å². The van der Waals surface area contributed by atoms with Gasteiger partial charge in [0.05, 0.1) is 17.5 Å². The monoisotopic (exact) mass is 405 g/mol. The number of benzene rings is 2. The first-order valence-electron chi connectivity index (χ1n) is 10.6. The van der Waals surface area contributed by atoms with Gasteiger partial charge in [-0.25, -0.2) is 4.39 Å². The molecular formula is C25H24FNO3. The van der Waals surface area contributed by atoms with Crippen LogP contribution in [0.1, 0.15) is 36.4 Å². The molecule has 4 atom stereocenters. The fourth-order valence-electron chi connectivity index (χ4n) is 4.97. The molecule has 2 aromatic carbocycles. The van der Waals surface area contributed by atoms with Crippen LogP contribution in [0.15, 0.2) is 72.0 Å². The molecule has 1 fully saturated rings. The lowest BCUT2D eigenvalue weighted by molar-refractivity contribution is -0.136. The Kier molecular flexibility index (Phi) is 4.89. The lowest BCUT2D eigenvalue weighted by Crippen LogP contribution is -2.42. The van der Waals surface area contributed by atoms with Crippen molar-refractivity contribution in [3.8, 4) is 0 Å². The third kappa shape index (κ3) is 3.22. The quantitative estimate of drug-likeness (QED) is 0.767. The largest absolute Gasteiger partial charge is 0.483 e. The molecule has 1 amide bonds. The van der Waals surface area contributed by atoms with E-state index in [0.717, 1.165) is 11.1 Å². The highest BCUT2D eigenvalue weighted by molar-refractivity contribution is 6.11. The third-order valence-corrected chi connectivity index (χ3v) is 6.48. The Morgan fingerprint density at radius 1 is 0.967 bits per heavy atom. The number of alkyl halides is 1. The number of amides is 1. The van der Waals surface area contributed by atoms with E-state index in [1.165, 1.54) is 0 Å². The molecule has 4 nitrogen and oxygen atoms in total. The van der Waals surface area contributed by atoms with Gasteiger partial charge in [-0.1, -0.05) is 60.7 Å². The summed E-state index contributed by atoms with van der Waals surface area (Å²) in [5.74, 6) is -0.668. The average Bonchev–Trinajstić information content (AvgIpc) is 3.06. The second-order valence-electron chi connectivity index (χ2n) is 8.33. The van der Waals surface area contributed by atoms with E-state index in [2.05, 4.69) is 0 Å². The second-order valence-corrected chi connectivity index (χ2v) is 8.33. The lowest BCUT2D eigenvalue weighted by atomic mass is 9.77. The summed E-state index contributed by atoms with van der Waals surface area (Å²) >= 11 is 0. The predicted octanol–water partition coefficient (Wildman–Crippen LogP) is 4.17. The van der Waals surface area contributed by atoms with Crippen LogP contribution >= 0.6 is 0 Å². The lowest BCUT2D eigenvalue weighted by Gasteiger charge is -2.36. The summed E-state index contributed by atoms with van der Waals surface area (Å²) in [6.45, 7) is 0.479. The molecule has 0 N–H and O–H groups in total. The van der Waals surface area contributed by atoms with Gasteiger partial charge in [0.2, 0.25) is 0 Å². The van der Waals surface area contributed by atoms with Crippen molar-refractivity contribution in [2.45, 2.75) is 44.0 Å². The van der Waals surface area contributed by atoms with Crippen molar-refractivity contribution < 1.29 is 18.7 Å². The predicted molar refractivity (Wildman–Crippen MR) is 110 cm³/mol. The minimum Gasteiger partial charge on any atom is -0.483 e. The Labute approximate surface area is 175 Å². The van der Waals surface area contributed by atoms with Crippen molar-refractivity contribution in [3.63, 3.8) is 0 Å². The molecule has 4 unspecified atom stereocenters. The van der Waals surface area contributed by atoms with E-state index in [9.17, 15) is 14.0 Å². The normalized spacial score (nSPS) is 28.2. The van der Waals surface area contributed by atoms with Crippen LogP contribution in [0.5, 0.6) is 0 Å². The van der Waals surface area contributed by atoms with Crippen LogP contribution in [0.2, 0.25) is 0 Å². The highest BCUT2D eigenvalue weighted by Crippen LogP contribution is 2.47. The van der Waals surface area contributed by atoms with Crippen LogP contribution in [0, 0.1) is 5.92 Å². The van der Waals surface area contributed by atoms with E-state index in [1.807, 2.05) is 60.7 Å². The van der Waals surface area contributed by atoms with Gasteiger partial charge in [-0.2, -0.15) is 0 Å². The topological polar surface area (TPSA) is 46.6 Å². The fourth-order valence-corrected chi connectivity index (χ4v) is 4.97. The first-order chi connectivity index (χ1) is 14.6. The third-order valence-electron chi connectivity index (χ3n) is 6.48. The summed E-state index contributed by atoms with van der Waals surface area (Å²) in [6, 6.07) is 19.1. The molecule has 3 aliphatic rings. The van der Waals surface area contributed by atoms with Crippen LogP contribution in [0.25, 0.3) is 0 Å². The van der Waals surface area contributed by atoms with Gasteiger partial charge in [0.25, 0.3) is 5.91 Å². The average molecular weight is 405 g/mol. The number of fused-ring (bicyclic) bond motifs is 1. The maximum Gasteiger partial charge on any atom is 0.290 e. The van der Waals surface area contributed by atoms with E-state index < -0.39 is 24.2 Å². The van der Waals surface area contributed by atoms with Gasteiger partial charge in [-0.3, -0.25) is 9.59 Å². The molecule has 0 bridgehead atoms. The molecule has 30 heavy (non-hydrogen) atoms. The highest BCUT2D eigenvalue weighted by atomic mass is 19.1. The summed E-state index contributed by atoms with van der Waals surface area (Å²) in [4.78, 5) is 28.5. The standard InChI is InChI=1S/C25H24FNO3/c26-18-11-12-20-19(15-18)23(28)21-22(17-9-5-2-6-10-17)27(25(29)24(21)30-20)14-13-16-7-3-1-4-8-16/h1-10,18-20,22H,11-15H2. The zero-order valence-electron chi connectivity index (χ0n) is 16.7. The molecule has 2 heterocycles. The Hall–Kier alpha value is -2.95. The maximum absolute atomic E-state index is 14.1. The van der Waals surface area contributed by atoms with Crippen molar-refractivity contribution in [1.82, 2.24) is 4.90 Å². The number of rotatable bonds is 4. The minimum absolute atomic E-state index is 0.118. The molecule has 1 aliphatic carbocycles. The van der Waals surface area contributed by atoms with Crippen LogP contribution in [0.3, 0.4) is 0 Å². The second kappa shape index (κ2) is 7.71. The Morgan fingerprint density at radius 3 is 2.40 bits per heavy atom. The van der Waals surface area contributed by atoms with Crippen LogP contribution in [-0.4, -0.2) is 35.4 Å². The van der Waals surface area contributed by atoms with Gasteiger partial charge in [-0.05, 0) is 36.8 Å². The SMILES string of the molecule is O=C1C2=C(OC3CCC(F)CC13)C(=O)N(CCc1ccccc1)C2c1ccccc1. The van der Waals surface area contributed by atoms with E-state index in [4.69, 9.17) is 4.74 Å². The van der Waals surface area contributed by atoms with Crippen LogP contribution in [-0.2, 0) is 20.7 Å². The Bertz CT molecular complexity index is 988. The maximum atomic E-state index is 14.1. The number of hydrogen-bond acceptors (Lipinski definition) is 3. The van der Waals surface area contributed by atoms with Gasteiger partial charge in [0.1, 0.15) is 12.3 Å². The van der Waals surface area contributed by atoms with Gasteiger partial charge in [0.15, 0.2) is 11.5 Å². The van der Waals surface area contributed by atoms with E-state index >= 15 is 0 Å². The summed E-state index contributed by atoms with van der Waals surface area (Å²) in [7, 11) is 0. The van der Waals surface area contributed by atoms with Gasteiger partial charge in [-0.15, -0.1) is 0 Å². The molecule has 0 spiro atoms. The van der Waals surface area contributed by atoms with Crippen LogP contribution < -0.4 is 0 Å². The molecule has 1 saturated carbocycles. The van der Waals surface area contributed by atoms with E-state index in [0.29, 0.717) is 31.4 Å². The number of ether oxygens (including phenoxy) is 1. The first-order valence-corrected chi connectivity index (χ1v) is 10.6. The Balaban J connectivity index is 1.50. The summed E-state index contributed by atoms with van der Waals surface area (Å²) in [5.41, 5.74) is 2.42. The molecule has 0 aromatic heterocycles. The van der Waals surface area contributed by atoms with Gasteiger partial charge < -0.3 is 9.64 Å². The molecule has 0 radical (unpaired) electrons. The molecule has 5 rings (SSSR count). The number of nitrogens with zero attached hydrogens (tertiary/aromatic N) is 1. The Morgan fingerprint density at radius 2 is 1.67 bits per heavy atom. The summed E-state index contributed by atoms with van der Waals surface area (Å²) in [6.07, 6.45) is 0.344. The summed E-state index contributed by atoms with van der Waals surface area (Å²) < 4.78 is 20.1. The van der Waals surface area contributed by atoms with Crippen LogP contribution in [0.4, 0.5) is 4.39 Å². The summed E-state index contributed by atoms with van der Waals surface area (Å²) in [5, 5.41) is 0. The number of halogens is 1. The molecule has 5 heteroatoms. The van der Waals surface area contributed by atoms with Crippen molar-refractivity contribution >= 4 is 11.7 Å². The number of carbonyl (C=O) groups excluding carboxylic acids is 2. The zero-order valence-corrected chi connectivity index (χ0v) is 16.7. The van der Waals surface area contributed by atoms with Crippen molar-refractivity contribution in [3.05, 3.63) is 83.1 Å². The highest BCUT2D eigenvalue weighted by Gasteiger charge is 2.52. The van der Waals surface area contributed by atoms with Crippen molar-refractivity contribution in [2.24, 2.45) is 5.92 Å². The van der Waals surface area contributed by atoms with Gasteiger partial charge >= 0.3 is 0 Å². The number of Topliss-reactive ketones (excluding diaryl/α,β-unsaturated/α-hetero) is 1. The fraction of sp³-hybridized carbons (Fsp3) is 0.360. The van der Waals surface area contributed by atoms with E-state index in [-0.39, 0.29) is 23.9 Å². The zero-order chi connectivity index (χ0) is 20.7. The van der Waals surface area contributed by atoms with Gasteiger partial charge in [0, 0.05) is 6.54 Å². The van der Waals surface area contributed by atoms with Crippen molar-refractivity contribution in [2.75, 3.05) is 6.54 Å².